The molecule has 14 heavy (non-hydrogen) atoms. The highest BCUT2D eigenvalue weighted by molar-refractivity contribution is 5.79. The van der Waals surface area contributed by atoms with Crippen LogP contribution in [0.25, 0.3) is 0 Å². The van der Waals surface area contributed by atoms with Crippen LogP contribution in [0.15, 0.2) is 0 Å². The average Bonchev–Trinajstić information content (AvgIpc) is 2.14. The number of esters is 1. The molecule has 0 unspecified atom stereocenters. The molecule has 0 aliphatic carbocycles. The van der Waals surface area contributed by atoms with Crippen molar-refractivity contribution in [3.63, 3.8) is 0 Å². The first kappa shape index (κ1) is 12.9. The summed E-state index contributed by atoms with van der Waals surface area (Å²) in [6.07, 6.45) is 1.31. The third-order valence-corrected chi connectivity index (χ3v) is 1.94. The largest absolute Gasteiger partial charge is 0.469 e. The number of amides is 1. The van der Waals surface area contributed by atoms with Crippen LogP contribution in [0.5, 0.6) is 0 Å². The molecule has 0 fully saturated rings. The first-order chi connectivity index (χ1) is 6.44. The van der Waals surface area contributed by atoms with E-state index in [1.165, 1.54) is 7.11 Å². The SMILES string of the molecule is CCCC(=O)NCC(C)(C)C(=O)OC. The number of hydrogen-bond donors (Lipinski definition) is 1. The minimum Gasteiger partial charge on any atom is -0.469 e. The summed E-state index contributed by atoms with van der Waals surface area (Å²) in [7, 11) is 1.35. The second kappa shape index (κ2) is 5.62. The second-order valence-electron chi connectivity index (χ2n) is 3.90. The lowest BCUT2D eigenvalue weighted by atomic mass is 9.94. The quantitative estimate of drug-likeness (QED) is 0.678. The third kappa shape index (κ3) is 4.25. The summed E-state index contributed by atoms with van der Waals surface area (Å²) < 4.78 is 4.62. The van der Waals surface area contributed by atoms with Crippen molar-refractivity contribution in [1.29, 1.82) is 0 Å². The molecule has 0 saturated heterocycles. The van der Waals surface area contributed by atoms with E-state index in [0.29, 0.717) is 13.0 Å². The van der Waals surface area contributed by atoms with Gasteiger partial charge in [-0.05, 0) is 20.3 Å². The van der Waals surface area contributed by atoms with Crippen LogP contribution in [0, 0.1) is 5.41 Å². The topological polar surface area (TPSA) is 55.4 Å². The predicted molar refractivity (Wildman–Crippen MR) is 53.7 cm³/mol. The molecule has 0 atom stereocenters. The number of hydrogen-bond acceptors (Lipinski definition) is 3. The van der Waals surface area contributed by atoms with Gasteiger partial charge in [0.1, 0.15) is 0 Å². The van der Waals surface area contributed by atoms with Gasteiger partial charge in [-0.25, -0.2) is 0 Å². The highest BCUT2D eigenvalue weighted by Crippen LogP contribution is 2.15. The van der Waals surface area contributed by atoms with E-state index in [0.717, 1.165) is 6.42 Å². The Labute approximate surface area is 85.0 Å². The van der Waals surface area contributed by atoms with Gasteiger partial charge in [-0.2, -0.15) is 0 Å². The Hall–Kier alpha value is -1.06. The van der Waals surface area contributed by atoms with Gasteiger partial charge in [0.2, 0.25) is 5.91 Å². The molecule has 0 rings (SSSR count). The van der Waals surface area contributed by atoms with Gasteiger partial charge in [-0.15, -0.1) is 0 Å². The van der Waals surface area contributed by atoms with Gasteiger partial charge in [0, 0.05) is 13.0 Å². The molecular formula is C10H19NO3. The van der Waals surface area contributed by atoms with Crippen molar-refractivity contribution in [3.05, 3.63) is 0 Å². The van der Waals surface area contributed by atoms with Crippen molar-refractivity contribution in [3.8, 4) is 0 Å². The van der Waals surface area contributed by atoms with E-state index in [-0.39, 0.29) is 11.9 Å². The lowest BCUT2D eigenvalue weighted by molar-refractivity contribution is -0.150. The molecule has 1 N–H and O–H groups in total. The predicted octanol–water partition coefficient (Wildman–Crippen LogP) is 1.10. The van der Waals surface area contributed by atoms with E-state index in [1.807, 2.05) is 6.92 Å². The molecule has 4 nitrogen and oxygen atoms in total. The Morgan fingerprint density at radius 1 is 1.36 bits per heavy atom. The van der Waals surface area contributed by atoms with Gasteiger partial charge < -0.3 is 10.1 Å². The minimum atomic E-state index is -0.655. The van der Waals surface area contributed by atoms with Crippen LogP contribution in [0.3, 0.4) is 0 Å². The van der Waals surface area contributed by atoms with E-state index in [2.05, 4.69) is 10.1 Å². The monoisotopic (exact) mass is 201 g/mol. The Kier molecular flexibility index (Phi) is 5.20. The molecule has 0 spiro atoms. The van der Waals surface area contributed by atoms with Crippen LogP contribution in [0.2, 0.25) is 0 Å². The summed E-state index contributed by atoms with van der Waals surface area (Å²) >= 11 is 0. The number of carbonyl (C=O) groups is 2. The standard InChI is InChI=1S/C10H19NO3/c1-5-6-8(12)11-7-10(2,3)9(13)14-4/h5-7H2,1-4H3,(H,11,12). The van der Waals surface area contributed by atoms with Crippen molar-refractivity contribution in [2.45, 2.75) is 33.6 Å². The summed E-state index contributed by atoms with van der Waals surface area (Å²) in [5, 5.41) is 2.70. The van der Waals surface area contributed by atoms with Gasteiger partial charge in [-0.1, -0.05) is 6.92 Å². The molecule has 1 amide bonds. The summed E-state index contributed by atoms with van der Waals surface area (Å²) in [6.45, 7) is 5.74. The van der Waals surface area contributed by atoms with Gasteiger partial charge in [-0.3, -0.25) is 9.59 Å². The van der Waals surface area contributed by atoms with E-state index < -0.39 is 5.41 Å². The van der Waals surface area contributed by atoms with E-state index in [4.69, 9.17) is 0 Å². The molecule has 0 radical (unpaired) electrons. The first-order valence-electron chi connectivity index (χ1n) is 4.79. The van der Waals surface area contributed by atoms with Crippen LogP contribution in [-0.4, -0.2) is 25.5 Å². The molecule has 0 aromatic rings. The van der Waals surface area contributed by atoms with Crippen molar-refractivity contribution >= 4 is 11.9 Å². The average molecular weight is 201 g/mol. The normalized spacial score (nSPS) is 10.9. The van der Waals surface area contributed by atoms with Crippen LogP contribution in [-0.2, 0) is 14.3 Å². The van der Waals surface area contributed by atoms with Crippen LogP contribution >= 0.6 is 0 Å². The molecule has 0 aliphatic heterocycles. The number of carbonyl (C=O) groups excluding carboxylic acids is 2. The fourth-order valence-electron chi connectivity index (χ4n) is 0.983. The molecule has 82 valence electrons. The van der Waals surface area contributed by atoms with Gasteiger partial charge >= 0.3 is 5.97 Å². The zero-order chi connectivity index (χ0) is 11.2. The van der Waals surface area contributed by atoms with Gasteiger partial charge in [0.25, 0.3) is 0 Å². The maximum atomic E-state index is 11.2. The van der Waals surface area contributed by atoms with Gasteiger partial charge in [0.15, 0.2) is 0 Å². The number of nitrogens with one attached hydrogen (secondary N) is 1. The molecule has 0 aromatic carbocycles. The Morgan fingerprint density at radius 3 is 2.36 bits per heavy atom. The number of rotatable bonds is 5. The molecule has 0 saturated carbocycles. The van der Waals surface area contributed by atoms with Gasteiger partial charge in [0.05, 0.1) is 12.5 Å². The highest BCUT2D eigenvalue weighted by atomic mass is 16.5. The summed E-state index contributed by atoms with van der Waals surface area (Å²) in [5.41, 5.74) is -0.655. The van der Waals surface area contributed by atoms with Crippen molar-refractivity contribution in [2.75, 3.05) is 13.7 Å². The molecular weight excluding hydrogens is 182 g/mol. The summed E-state index contributed by atoms with van der Waals surface area (Å²) in [4.78, 5) is 22.4. The van der Waals surface area contributed by atoms with Crippen LogP contribution in [0.4, 0.5) is 0 Å². The molecule has 0 aromatic heterocycles. The fraction of sp³-hybridized carbons (Fsp3) is 0.800. The van der Waals surface area contributed by atoms with Crippen LogP contribution in [0.1, 0.15) is 33.6 Å². The van der Waals surface area contributed by atoms with Crippen molar-refractivity contribution < 1.29 is 14.3 Å². The smallest absolute Gasteiger partial charge is 0.313 e. The lowest BCUT2D eigenvalue weighted by Gasteiger charge is -2.21. The maximum Gasteiger partial charge on any atom is 0.313 e. The minimum absolute atomic E-state index is 0.0236. The van der Waals surface area contributed by atoms with E-state index in [1.54, 1.807) is 13.8 Å². The lowest BCUT2D eigenvalue weighted by Crippen LogP contribution is -2.39. The van der Waals surface area contributed by atoms with Crippen LogP contribution < -0.4 is 5.32 Å². The molecule has 0 aliphatic rings. The molecule has 0 bridgehead atoms. The Morgan fingerprint density at radius 2 is 1.93 bits per heavy atom. The number of ether oxygens (including phenoxy) is 1. The second-order valence-corrected chi connectivity index (χ2v) is 3.90. The zero-order valence-corrected chi connectivity index (χ0v) is 9.35. The molecule has 0 heterocycles. The fourth-order valence-corrected chi connectivity index (χ4v) is 0.983. The third-order valence-electron chi connectivity index (χ3n) is 1.94. The first-order valence-corrected chi connectivity index (χ1v) is 4.79. The zero-order valence-electron chi connectivity index (χ0n) is 9.35. The summed E-state index contributed by atoms with van der Waals surface area (Å²) in [6, 6.07) is 0. The highest BCUT2D eigenvalue weighted by Gasteiger charge is 2.28. The molecule has 4 heteroatoms. The maximum absolute atomic E-state index is 11.2. The summed E-state index contributed by atoms with van der Waals surface area (Å²) in [5.74, 6) is -0.334. The number of methoxy groups -OCH3 is 1. The van der Waals surface area contributed by atoms with E-state index in [9.17, 15) is 9.59 Å². The Balaban J connectivity index is 3.98. The van der Waals surface area contributed by atoms with E-state index >= 15 is 0 Å². The van der Waals surface area contributed by atoms with Crippen molar-refractivity contribution in [2.24, 2.45) is 5.41 Å². The van der Waals surface area contributed by atoms with Crippen molar-refractivity contribution in [1.82, 2.24) is 5.32 Å². The Bertz CT molecular complexity index is 211.